The number of carbonyl (C=O) groups excluding carboxylic acids is 1. The predicted molar refractivity (Wildman–Crippen MR) is 110 cm³/mol. The van der Waals surface area contributed by atoms with Gasteiger partial charge in [0.2, 0.25) is 11.9 Å². The monoisotopic (exact) mass is 386 g/mol. The maximum absolute atomic E-state index is 12.7. The van der Waals surface area contributed by atoms with Gasteiger partial charge in [0.15, 0.2) is 0 Å². The highest BCUT2D eigenvalue weighted by Gasteiger charge is 2.28. The quantitative estimate of drug-likeness (QED) is 0.788. The molecule has 1 aromatic heterocycles. The molecule has 2 aromatic rings. The molecule has 1 N–H and O–H groups in total. The largest absolute Gasteiger partial charge is 0.497 e. The van der Waals surface area contributed by atoms with Crippen molar-refractivity contribution >= 4 is 22.8 Å². The molecule has 152 valence electrons. The summed E-state index contributed by atoms with van der Waals surface area (Å²) in [6.07, 6.45) is 2.68. The zero-order valence-corrected chi connectivity index (χ0v) is 17.2. The molecule has 3 rings (SSSR count). The highest BCUT2D eigenvalue weighted by molar-refractivity contribution is 5.83. The highest BCUT2D eigenvalue weighted by atomic mass is 16.5. The smallest absolute Gasteiger partial charge is 0.226 e. The van der Waals surface area contributed by atoms with Gasteiger partial charge in [-0.15, -0.1) is 0 Å². The van der Waals surface area contributed by atoms with Gasteiger partial charge in [0, 0.05) is 31.7 Å². The summed E-state index contributed by atoms with van der Waals surface area (Å²) in [4.78, 5) is 24.3. The third kappa shape index (κ3) is 4.52. The number of benzene rings is 1. The number of nitrogens with zero attached hydrogens (tertiary/aromatic N) is 3. The first-order valence-corrected chi connectivity index (χ1v) is 9.92. The summed E-state index contributed by atoms with van der Waals surface area (Å²) in [5.74, 6) is 1.48. The van der Waals surface area contributed by atoms with Crippen LogP contribution in [0.3, 0.4) is 0 Å². The minimum absolute atomic E-state index is 0.0551. The molecule has 2 heterocycles. The van der Waals surface area contributed by atoms with Gasteiger partial charge in [-0.2, -0.15) is 0 Å². The number of amides is 1. The summed E-state index contributed by atoms with van der Waals surface area (Å²) in [5.41, 5.74) is 1.79. The number of carbonyl (C=O) groups is 1. The van der Waals surface area contributed by atoms with Crippen LogP contribution in [0.25, 0.3) is 10.9 Å². The van der Waals surface area contributed by atoms with Crippen molar-refractivity contribution in [2.75, 3.05) is 38.8 Å². The standard InChI is InChI=1S/C21H30N4O3/c1-5-16(13-27-3)23-20(26)15-7-6-10-25(12-15)21-22-14(2)18-9-8-17(28-4)11-19(18)24-21/h8-9,11,15-16H,5-7,10,12-13H2,1-4H3,(H,23,26)/t15-,16-/m1/s1. The van der Waals surface area contributed by atoms with Crippen molar-refractivity contribution in [3.05, 3.63) is 23.9 Å². The first-order chi connectivity index (χ1) is 13.5. The molecule has 0 saturated carbocycles. The van der Waals surface area contributed by atoms with E-state index in [0.717, 1.165) is 48.2 Å². The number of hydrogen-bond donors (Lipinski definition) is 1. The Hall–Kier alpha value is -2.41. The minimum Gasteiger partial charge on any atom is -0.497 e. The second-order valence-corrected chi connectivity index (χ2v) is 7.35. The SMILES string of the molecule is CC[C@H](COC)NC(=O)[C@@H]1CCCN(c2nc(C)c3ccc(OC)cc3n2)C1. The lowest BCUT2D eigenvalue weighted by molar-refractivity contribution is -0.126. The number of aryl methyl sites for hydroxylation is 1. The fourth-order valence-electron chi connectivity index (χ4n) is 3.68. The molecule has 1 aromatic carbocycles. The van der Waals surface area contributed by atoms with Gasteiger partial charge in [-0.1, -0.05) is 6.92 Å². The number of anilines is 1. The normalized spacial score (nSPS) is 18.1. The van der Waals surface area contributed by atoms with Crippen molar-refractivity contribution < 1.29 is 14.3 Å². The van der Waals surface area contributed by atoms with E-state index in [-0.39, 0.29) is 17.9 Å². The van der Waals surface area contributed by atoms with E-state index in [2.05, 4.69) is 17.1 Å². The highest BCUT2D eigenvalue weighted by Crippen LogP contribution is 2.26. The third-order valence-electron chi connectivity index (χ3n) is 5.36. The molecule has 1 fully saturated rings. The van der Waals surface area contributed by atoms with Crippen molar-refractivity contribution in [2.24, 2.45) is 5.92 Å². The van der Waals surface area contributed by atoms with Crippen LogP contribution in [-0.2, 0) is 9.53 Å². The number of ether oxygens (including phenoxy) is 2. The number of nitrogens with one attached hydrogen (secondary N) is 1. The predicted octanol–water partition coefficient (Wildman–Crippen LogP) is 2.70. The van der Waals surface area contributed by atoms with E-state index in [9.17, 15) is 4.79 Å². The summed E-state index contributed by atoms with van der Waals surface area (Å²) in [7, 11) is 3.31. The zero-order valence-electron chi connectivity index (χ0n) is 17.2. The van der Waals surface area contributed by atoms with Crippen LogP contribution >= 0.6 is 0 Å². The molecule has 1 amide bonds. The van der Waals surface area contributed by atoms with E-state index in [1.165, 1.54) is 0 Å². The third-order valence-corrected chi connectivity index (χ3v) is 5.36. The fourth-order valence-corrected chi connectivity index (χ4v) is 3.68. The average Bonchev–Trinajstić information content (AvgIpc) is 2.72. The Morgan fingerprint density at radius 2 is 2.18 bits per heavy atom. The average molecular weight is 386 g/mol. The van der Waals surface area contributed by atoms with E-state index < -0.39 is 0 Å². The molecule has 7 heteroatoms. The number of fused-ring (bicyclic) bond motifs is 1. The van der Waals surface area contributed by atoms with Crippen LogP contribution in [0.1, 0.15) is 31.9 Å². The zero-order chi connectivity index (χ0) is 20.1. The fraction of sp³-hybridized carbons (Fsp3) is 0.571. The maximum atomic E-state index is 12.7. The van der Waals surface area contributed by atoms with Crippen LogP contribution in [0, 0.1) is 12.8 Å². The molecule has 0 radical (unpaired) electrons. The van der Waals surface area contributed by atoms with E-state index >= 15 is 0 Å². The number of rotatable bonds is 7. The van der Waals surface area contributed by atoms with Crippen LogP contribution in [0.4, 0.5) is 5.95 Å². The molecule has 0 unspecified atom stereocenters. The Labute approximate surface area is 166 Å². The van der Waals surface area contributed by atoms with Crippen LogP contribution in [0.2, 0.25) is 0 Å². The lowest BCUT2D eigenvalue weighted by atomic mass is 9.97. The molecule has 2 atom stereocenters. The second-order valence-electron chi connectivity index (χ2n) is 7.35. The van der Waals surface area contributed by atoms with Crippen molar-refractivity contribution in [3.8, 4) is 5.75 Å². The van der Waals surface area contributed by atoms with Gasteiger partial charge in [0.1, 0.15) is 5.75 Å². The van der Waals surface area contributed by atoms with E-state index in [4.69, 9.17) is 19.4 Å². The number of aromatic nitrogens is 2. The van der Waals surface area contributed by atoms with Crippen LogP contribution in [-0.4, -0.2) is 55.8 Å². The molecule has 0 bridgehead atoms. The Kier molecular flexibility index (Phi) is 6.67. The van der Waals surface area contributed by atoms with Gasteiger partial charge in [0.05, 0.1) is 36.9 Å². The van der Waals surface area contributed by atoms with Crippen molar-refractivity contribution in [3.63, 3.8) is 0 Å². The molecule has 0 aliphatic carbocycles. The van der Waals surface area contributed by atoms with Gasteiger partial charge in [-0.05, 0) is 38.3 Å². The first kappa shape index (κ1) is 20.3. The number of hydrogen-bond acceptors (Lipinski definition) is 6. The van der Waals surface area contributed by atoms with Gasteiger partial charge in [0.25, 0.3) is 0 Å². The van der Waals surface area contributed by atoms with Gasteiger partial charge in [-0.25, -0.2) is 9.97 Å². The molecule has 0 spiro atoms. The second kappa shape index (κ2) is 9.19. The van der Waals surface area contributed by atoms with Crippen molar-refractivity contribution in [1.82, 2.24) is 15.3 Å². The van der Waals surface area contributed by atoms with Crippen LogP contribution in [0.5, 0.6) is 5.75 Å². The summed E-state index contributed by atoms with van der Waals surface area (Å²) < 4.78 is 10.5. The van der Waals surface area contributed by atoms with Gasteiger partial charge < -0.3 is 19.7 Å². The van der Waals surface area contributed by atoms with Crippen molar-refractivity contribution in [1.29, 1.82) is 0 Å². The molecule has 1 saturated heterocycles. The maximum Gasteiger partial charge on any atom is 0.226 e. The van der Waals surface area contributed by atoms with E-state index in [1.807, 2.05) is 25.1 Å². The van der Waals surface area contributed by atoms with Crippen molar-refractivity contribution in [2.45, 2.75) is 39.2 Å². The first-order valence-electron chi connectivity index (χ1n) is 9.92. The molecule has 1 aliphatic rings. The Morgan fingerprint density at radius 1 is 1.36 bits per heavy atom. The lowest BCUT2D eigenvalue weighted by Crippen LogP contribution is -2.47. The summed E-state index contributed by atoms with van der Waals surface area (Å²) in [6.45, 7) is 6.06. The van der Waals surface area contributed by atoms with Crippen LogP contribution < -0.4 is 15.0 Å². The Morgan fingerprint density at radius 3 is 2.89 bits per heavy atom. The molecule has 7 nitrogen and oxygen atoms in total. The molecule has 28 heavy (non-hydrogen) atoms. The Balaban J connectivity index is 1.77. The summed E-state index contributed by atoms with van der Waals surface area (Å²) >= 11 is 0. The van der Waals surface area contributed by atoms with Crippen LogP contribution in [0.15, 0.2) is 18.2 Å². The van der Waals surface area contributed by atoms with Gasteiger partial charge in [-0.3, -0.25) is 4.79 Å². The number of piperidine rings is 1. The summed E-state index contributed by atoms with van der Waals surface area (Å²) in [6, 6.07) is 5.89. The topological polar surface area (TPSA) is 76.6 Å². The van der Waals surface area contributed by atoms with E-state index in [0.29, 0.717) is 19.1 Å². The lowest BCUT2D eigenvalue weighted by Gasteiger charge is -2.33. The molecular weight excluding hydrogens is 356 g/mol. The Bertz CT molecular complexity index is 827. The van der Waals surface area contributed by atoms with Gasteiger partial charge >= 0.3 is 0 Å². The molecular formula is C21H30N4O3. The number of methoxy groups -OCH3 is 2. The van der Waals surface area contributed by atoms with E-state index in [1.54, 1.807) is 14.2 Å². The summed E-state index contributed by atoms with van der Waals surface area (Å²) in [5, 5.41) is 4.13. The molecule has 1 aliphatic heterocycles. The minimum atomic E-state index is -0.0652.